The summed E-state index contributed by atoms with van der Waals surface area (Å²) in [6, 6.07) is 24.3. The van der Waals surface area contributed by atoms with E-state index in [9.17, 15) is 13.2 Å². The van der Waals surface area contributed by atoms with E-state index in [2.05, 4.69) is 51.3 Å². The van der Waals surface area contributed by atoms with Crippen LogP contribution in [0.5, 0.6) is 0 Å². The van der Waals surface area contributed by atoms with Crippen molar-refractivity contribution < 1.29 is 13.2 Å². The van der Waals surface area contributed by atoms with Crippen molar-refractivity contribution in [2.75, 3.05) is 0 Å². The normalized spacial score (nSPS) is 14.9. The zero-order valence-corrected chi connectivity index (χ0v) is 23.0. The number of hydrogen-bond donors (Lipinski definition) is 0. The molecule has 1 heterocycles. The van der Waals surface area contributed by atoms with Crippen LogP contribution in [-0.2, 0) is 19.1 Å². The zero-order chi connectivity index (χ0) is 25.0. The van der Waals surface area contributed by atoms with E-state index in [1.807, 2.05) is 18.2 Å². The number of halogens is 4. The van der Waals surface area contributed by atoms with Crippen LogP contribution in [0.15, 0.2) is 89.2 Å². The number of aryl methyl sites for hydroxylation is 1. The molecule has 0 amide bonds. The highest BCUT2D eigenvalue weighted by Gasteiger charge is 2.30. The van der Waals surface area contributed by atoms with E-state index >= 15 is 0 Å². The molecule has 2 nitrogen and oxygen atoms in total. The molecular weight excluding hydrogens is 557 g/mol. The van der Waals surface area contributed by atoms with E-state index in [-0.39, 0.29) is 17.0 Å². The monoisotopic (exact) mass is 586 g/mol. The minimum absolute atomic E-state index is 0. The lowest BCUT2D eigenvalue weighted by molar-refractivity contribution is -0.137. The van der Waals surface area contributed by atoms with Crippen molar-refractivity contribution in [3.63, 3.8) is 0 Å². The Morgan fingerprint density at radius 2 is 1.59 bits per heavy atom. The molecule has 3 aromatic carbocycles. The zero-order valence-electron chi connectivity index (χ0n) is 20.5. The molecule has 0 bridgehead atoms. The Labute approximate surface area is 230 Å². The van der Waals surface area contributed by atoms with Gasteiger partial charge >= 0.3 is 6.18 Å². The maximum Gasteiger partial charge on any atom is 0.416 e. The minimum Gasteiger partial charge on any atom is -0.316 e. The third-order valence-corrected chi connectivity index (χ3v) is 7.81. The van der Waals surface area contributed by atoms with Crippen molar-refractivity contribution >= 4 is 34.0 Å². The molecule has 0 aliphatic heterocycles. The molecule has 1 aliphatic rings. The molecule has 0 radical (unpaired) electrons. The van der Waals surface area contributed by atoms with Gasteiger partial charge in [-0.3, -0.25) is 0 Å². The highest BCUT2D eigenvalue weighted by atomic mass is 79.9. The molecule has 37 heavy (non-hydrogen) atoms. The van der Waals surface area contributed by atoms with E-state index in [4.69, 9.17) is 0 Å². The Balaban J connectivity index is 0.00000320. The lowest BCUT2D eigenvalue weighted by atomic mass is 9.84. The van der Waals surface area contributed by atoms with E-state index < -0.39 is 11.7 Å². The van der Waals surface area contributed by atoms with Gasteiger partial charge in [-0.15, -0.1) is 28.3 Å². The third kappa shape index (κ3) is 6.82. The van der Waals surface area contributed by atoms with Gasteiger partial charge in [0.25, 0.3) is 0 Å². The number of hydrogen-bond acceptors (Lipinski definition) is 2. The smallest absolute Gasteiger partial charge is 0.316 e. The second-order valence-corrected chi connectivity index (χ2v) is 10.2. The molecule has 1 aromatic heterocycles. The van der Waals surface area contributed by atoms with Gasteiger partial charge in [0.2, 0.25) is 0 Å². The predicted octanol–water partition coefficient (Wildman–Crippen LogP) is 9.34. The highest BCUT2D eigenvalue weighted by molar-refractivity contribution is 8.93. The summed E-state index contributed by atoms with van der Waals surface area (Å²) < 4.78 is 41.9. The first kappa shape index (κ1) is 27.4. The maximum absolute atomic E-state index is 13.2. The van der Waals surface area contributed by atoms with Crippen LogP contribution >= 0.6 is 28.3 Å². The van der Waals surface area contributed by atoms with Crippen molar-refractivity contribution in [2.24, 2.45) is 4.99 Å². The SMILES string of the molecule is Br.FC(F)(F)c1cccc(N=c2scc(-c3ccc(C4CCCCC4)cc3)n2CCc2ccccc2)c1. The van der Waals surface area contributed by atoms with Crippen LogP contribution in [0.2, 0.25) is 0 Å². The first-order valence-corrected chi connectivity index (χ1v) is 13.4. The van der Waals surface area contributed by atoms with Gasteiger partial charge in [-0.2, -0.15) is 13.2 Å². The average molecular weight is 588 g/mol. The van der Waals surface area contributed by atoms with Crippen molar-refractivity contribution in [1.82, 2.24) is 4.57 Å². The van der Waals surface area contributed by atoms with E-state index in [0.717, 1.165) is 29.8 Å². The van der Waals surface area contributed by atoms with Gasteiger partial charge in [0.1, 0.15) is 0 Å². The summed E-state index contributed by atoms with van der Waals surface area (Å²) in [5.74, 6) is 0.645. The third-order valence-electron chi connectivity index (χ3n) is 6.95. The van der Waals surface area contributed by atoms with Crippen LogP contribution in [0.1, 0.15) is 54.7 Å². The molecule has 0 spiro atoms. The second kappa shape index (κ2) is 12.3. The van der Waals surface area contributed by atoms with Crippen molar-refractivity contribution in [1.29, 1.82) is 0 Å². The quantitative estimate of drug-likeness (QED) is 0.214. The summed E-state index contributed by atoms with van der Waals surface area (Å²) in [5, 5.41) is 2.06. The van der Waals surface area contributed by atoms with Crippen LogP contribution in [0.3, 0.4) is 0 Å². The Morgan fingerprint density at radius 1 is 0.865 bits per heavy atom. The second-order valence-electron chi connectivity index (χ2n) is 9.41. The Hall–Kier alpha value is -2.64. The number of aromatic nitrogens is 1. The molecule has 5 rings (SSSR count). The standard InChI is InChI=1S/C30H29F3N2S.BrH/c31-30(32,33)26-12-7-13-27(20-26)34-29-35(19-18-22-8-3-1-4-9-22)28(21-36-29)25-16-14-24(15-17-25)23-10-5-2-6-11-23;/h1,3-4,7-9,12-17,20-21,23H,2,5-6,10-11,18-19H2;1H. The fourth-order valence-corrected chi connectivity index (χ4v) is 5.93. The summed E-state index contributed by atoms with van der Waals surface area (Å²) in [5.41, 5.74) is 4.37. The summed E-state index contributed by atoms with van der Waals surface area (Å²) in [7, 11) is 0. The molecule has 0 saturated heterocycles. The van der Waals surface area contributed by atoms with E-state index in [1.54, 1.807) is 6.07 Å². The topological polar surface area (TPSA) is 17.3 Å². The molecule has 0 unspecified atom stereocenters. The molecule has 1 fully saturated rings. The first-order valence-electron chi connectivity index (χ1n) is 12.5. The van der Waals surface area contributed by atoms with Gasteiger partial charge in [0.15, 0.2) is 4.80 Å². The summed E-state index contributed by atoms with van der Waals surface area (Å²) in [6.07, 6.45) is 2.87. The van der Waals surface area contributed by atoms with Gasteiger partial charge in [-0.05, 0) is 60.1 Å². The molecule has 194 valence electrons. The predicted molar refractivity (Wildman–Crippen MR) is 151 cm³/mol. The summed E-state index contributed by atoms with van der Waals surface area (Å²) in [4.78, 5) is 5.34. The first-order chi connectivity index (χ1) is 17.5. The maximum atomic E-state index is 13.2. The van der Waals surface area contributed by atoms with Gasteiger partial charge in [0.05, 0.1) is 16.9 Å². The fraction of sp³-hybridized carbons (Fsp3) is 0.300. The number of alkyl halides is 3. The lowest BCUT2D eigenvalue weighted by Gasteiger charge is -2.22. The Morgan fingerprint density at radius 3 is 2.30 bits per heavy atom. The minimum atomic E-state index is -4.39. The largest absolute Gasteiger partial charge is 0.416 e. The number of thiazole rings is 1. The number of rotatable bonds is 6. The van der Waals surface area contributed by atoms with E-state index in [0.29, 0.717) is 23.0 Å². The van der Waals surface area contributed by atoms with Crippen LogP contribution in [-0.4, -0.2) is 4.57 Å². The fourth-order valence-electron chi connectivity index (χ4n) is 4.98. The summed E-state index contributed by atoms with van der Waals surface area (Å²) >= 11 is 1.46. The number of benzene rings is 3. The van der Waals surface area contributed by atoms with Gasteiger partial charge in [-0.1, -0.05) is 79.9 Å². The van der Waals surface area contributed by atoms with Gasteiger partial charge < -0.3 is 4.57 Å². The van der Waals surface area contributed by atoms with Crippen LogP contribution in [0.25, 0.3) is 11.3 Å². The Bertz CT molecular complexity index is 1350. The number of nitrogens with zero attached hydrogens (tertiary/aromatic N) is 2. The molecule has 4 aromatic rings. The highest BCUT2D eigenvalue weighted by Crippen LogP contribution is 2.34. The average Bonchev–Trinajstić information content (AvgIpc) is 3.30. The molecular formula is C30H30BrF3N2S. The van der Waals surface area contributed by atoms with Gasteiger partial charge in [0, 0.05) is 11.9 Å². The van der Waals surface area contributed by atoms with Crippen LogP contribution in [0, 0.1) is 0 Å². The Kier molecular flexibility index (Phi) is 9.08. The lowest BCUT2D eigenvalue weighted by Crippen LogP contribution is -2.17. The van der Waals surface area contributed by atoms with Gasteiger partial charge in [-0.25, -0.2) is 4.99 Å². The van der Waals surface area contributed by atoms with E-state index in [1.165, 1.54) is 60.6 Å². The van der Waals surface area contributed by atoms with Crippen molar-refractivity contribution in [3.8, 4) is 11.3 Å². The molecule has 1 saturated carbocycles. The molecule has 0 N–H and O–H groups in total. The molecule has 1 aliphatic carbocycles. The summed E-state index contributed by atoms with van der Waals surface area (Å²) in [6.45, 7) is 0.686. The van der Waals surface area contributed by atoms with Crippen LogP contribution in [0.4, 0.5) is 18.9 Å². The van der Waals surface area contributed by atoms with Crippen molar-refractivity contribution in [3.05, 3.63) is 106 Å². The molecule has 7 heteroatoms. The molecule has 0 atom stereocenters. The van der Waals surface area contributed by atoms with Crippen LogP contribution < -0.4 is 4.80 Å². The van der Waals surface area contributed by atoms with Crippen molar-refractivity contribution in [2.45, 2.75) is 57.2 Å².